The summed E-state index contributed by atoms with van der Waals surface area (Å²) in [7, 11) is 0. The number of nitrogens with zero attached hydrogens (tertiary/aromatic N) is 3. The number of amides is 1. The number of aromatic nitrogens is 2. The maximum atomic E-state index is 12.6. The molecule has 3 rings (SSSR count). The first-order chi connectivity index (χ1) is 13.1. The van der Waals surface area contributed by atoms with Crippen molar-refractivity contribution < 1.29 is 9.53 Å². The molecule has 0 unspecified atom stereocenters. The lowest BCUT2D eigenvalue weighted by Crippen LogP contribution is -2.42. The molecule has 1 saturated heterocycles. The second-order valence-electron chi connectivity index (χ2n) is 6.20. The minimum Gasteiger partial charge on any atom is -0.378 e. The van der Waals surface area contributed by atoms with E-state index in [1.165, 1.54) is 10.6 Å². The molecule has 0 bridgehead atoms. The molecule has 1 amide bonds. The Morgan fingerprint density at radius 1 is 1.30 bits per heavy atom. The molecule has 0 atom stereocenters. The Balaban J connectivity index is 1.84. The Morgan fingerprint density at radius 3 is 2.78 bits per heavy atom. The number of carbonyl (C=O) groups excluding carboxylic acids is 1. The van der Waals surface area contributed by atoms with Gasteiger partial charge < -0.3 is 15.0 Å². The number of ether oxygens (including phenoxy) is 1. The topological polar surface area (TPSA) is 76.5 Å². The van der Waals surface area contributed by atoms with Gasteiger partial charge in [-0.25, -0.2) is 4.98 Å². The minimum atomic E-state index is -0.254. The highest BCUT2D eigenvalue weighted by atomic mass is 32.2. The summed E-state index contributed by atoms with van der Waals surface area (Å²) in [5.41, 5.74) is 1.23. The zero-order valence-electron chi connectivity index (χ0n) is 15.6. The van der Waals surface area contributed by atoms with E-state index in [0.29, 0.717) is 44.4 Å². The Morgan fingerprint density at radius 2 is 2.07 bits per heavy atom. The molecule has 27 heavy (non-hydrogen) atoms. The molecule has 0 spiro atoms. The van der Waals surface area contributed by atoms with Crippen LogP contribution in [-0.4, -0.2) is 48.0 Å². The van der Waals surface area contributed by atoms with Crippen LogP contribution in [0, 0.1) is 0 Å². The third-order valence-corrected chi connectivity index (χ3v) is 5.08. The van der Waals surface area contributed by atoms with Crippen molar-refractivity contribution in [3.05, 3.63) is 46.4 Å². The van der Waals surface area contributed by atoms with Crippen LogP contribution in [0.15, 0.2) is 40.0 Å². The summed E-state index contributed by atoms with van der Waals surface area (Å²) in [5, 5.41) is 2.87. The van der Waals surface area contributed by atoms with E-state index in [1.807, 2.05) is 42.3 Å². The monoisotopic (exact) mass is 388 g/mol. The van der Waals surface area contributed by atoms with Crippen LogP contribution >= 0.6 is 11.8 Å². The SMILES string of the molecule is CCc1cc(=O)n(CC(=O)Nc2cccc(SC)c2)c(N2CCOCC2)n1. The van der Waals surface area contributed by atoms with E-state index in [0.717, 1.165) is 10.6 Å². The van der Waals surface area contributed by atoms with Crippen LogP contribution in [0.3, 0.4) is 0 Å². The van der Waals surface area contributed by atoms with Gasteiger partial charge in [-0.2, -0.15) is 0 Å². The Labute approximate surface area is 162 Å². The Kier molecular flexibility index (Phi) is 6.52. The summed E-state index contributed by atoms with van der Waals surface area (Å²) in [6, 6.07) is 9.12. The van der Waals surface area contributed by atoms with Gasteiger partial charge in [-0.1, -0.05) is 13.0 Å². The number of hydrogen-bond donors (Lipinski definition) is 1. The number of hydrogen-bond acceptors (Lipinski definition) is 6. The van der Waals surface area contributed by atoms with Crippen LogP contribution in [-0.2, 0) is 22.5 Å². The van der Waals surface area contributed by atoms with E-state index in [-0.39, 0.29) is 18.0 Å². The molecule has 144 valence electrons. The Bertz CT molecular complexity index is 862. The summed E-state index contributed by atoms with van der Waals surface area (Å²) < 4.78 is 6.83. The lowest BCUT2D eigenvalue weighted by Gasteiger charge is -2.29. The second kappa shape index (κ2) is 9.05. The van der Waals surface area contributed by atoms with Gasteiger partial charge in [-0.15, -0.1) is 11.8 Å². The van der Waals surface area contributed by atoms with E-state index in [2.05, 4.69) is 10.3 Å². The van der Waals surface area contributed by atoms with Gasteiger partial charge in [0.2, 0.25) is 11.9 Å². The van der Waals surface area contributed by atoms with Crippen LogP contribution in [0.1, 0.15) is 12.6 Å². The highest BCUT2D eigenvalue weighted by molar-refractivity contribution is 7.98. The fourth-order valence-corrected chi connectivity index (χ4v) is 3.38. The van der Waals surface area contributed by atoms with Crippen LogP contribution < -0.4 is 15.8 Å². The molecule has 2 aromatic rings. The summed E-state index contributed by atoms with van der Waals surface area (Å²) in [5.74, 6) is 0.284. The summed E-state index contributed by atoms with van der Waals surface area (Å²) in [6.45, 7) is 4.35. The third kappa shape index (κ3) is 4.90. The molecule has 0 saturated carbocycles. The second-order valence-corrected chi connectivity index (χ2v) is 7.08. The standard InChI is InChI=1S/C19H24N4O3S/c1-3-14-12-18(25)23(19(21-14)22-7-9-26-10-8-22)13-17(24)20-15-5-4-6-16(11-15)27-2/h4-6,11-12H,3,7-10,13H2,1-2H3,(H,20,24). The minimum absolute atomic E-state index is 0.0774. The fourth-order valence-electron chi connectivity index (χ4n) is 2.92. The van der Waals surface area contributed by atoms with Gasteiger partial charge in [0, 0.05) is 35.4 Å². The molecule has 8 heteroatoms. The molecule has 1 aromatic carbocycles. The van der Waals surface area contributed by atoms with Gasteiger partial charge in [-0.05, 0) is 30.9 Å². The van der Waals surface area contributed by atoms with Crippen molar-refractivity contribution in [3.8, 4) is 0 Å². The summed E-state index contributed by atoms with van der Waals surface area (Å²) in [4.78, 5) is 32.9. The van der Waals surface area contributed by atoms with Gasteiger partial charge in [-0.3, -0.25) is 14.2 Å². The predicted molar refractivity (Wildman–Crippen MR) is 108 cm³/mol. The first-order valence-electron chi connectivity index (χ1n) is 8.98. The first kappa shape index (κ1) is 19.4. The van der Waals surface area contributed by atoms with Gasteiger partial charge >= 0.3 is 0 Å². The first-order valence-corrected chi connectivity index (χ1v) is 10.2. The van der Waals surface area contributed by atoms with E-state index in [1.54, 1.807) is 11.8 Å². The van der Waals surface area contributed by atoms with Crippen LogP contribution in [0.25, 0.3) is 0 Å². The average Bonchev–Trinajstić information content (AvgIpc) is 2.70. The van der Waals surface area contributed by atoms with Crippen molar-refractivity contribution in [2.75, 3.05) is 42.8 Å². The van der Waals surface area contributed by atoms with Gasteiger partial charge in [0.15, 0.2) is 0 Å². The third-order valence-electron chi connectivity index (χ3n) is 4.35. The molecule has 1 N–H and O–H groups in total. The molecule has 1 aliphatic heterocycles. The number of thioether (sulfide) groups is 1. The lowest BCUT2D eigenvalue weighted by atomic mass is 10.3. The smallest absolute Gasteiger partial charge is 0.255 e. The molecular weight excluding hydrogens is 364 g/mol. The van der Waals surface area contributed by atoms with Crippen molar-refractivity contribution in [1.29, 1.82) is 0 Å². The Hall–Kier alpha value is -2.32. The van der Waals surface area contributed by atoms with E-state index < -0.39 is 0 Å². The number of nitrogens with one attached hydrogen (secondary N) is 1. The largest absolute Gasteiger partial charge is 0.378 e. The van der Waals surface area contributed by atoms with E-state index in [9.17, 15) is 9.59 Å². The molecular formula is C19H24N4O3S. The summed E-state index contributed by atoms with van der Waals surface area (Å²) in [6.07, 6.45) is 2.65. The van der Waals surface area contributed by atoms with Crippen LogP contribution in [0.2, 0.25) is 0 Å². The maximum absolute atomic E-state index is 12.6. The van der Waals surface area contributed by atoms with E-state index in [4.69, 9.17) is 4.74 Å². The zero-order valence-corrected chi connectivity index (χ0v) is 16.4. The fraction of sp³-hybridized carbons (Fsp3) is 0.421. The number of rotatable bonds is 6. The maximum Gasteiger partial charge on any atom is 0.255 e. The highest BCUT2D eigenvalue weighted by Crippen LogP contribution is 2.19. The number of anilines is 2. The predicted octanol–water partition coefficient (Wildman–Crippen LogP) is 2.00. The molecule has 0 aliphatic carbocycles. The van der Waals surface area contributed by atoms with Crippen molar-refractivity contribution in [1.82, 2.24) is 9.55 Å². The number of carbonyl (C=O) groups is 1. The number of aryl methyl sites for hydroxylation is 1. The van der Waals surface area contributed by atoms with Gasteiger partial charge in [0.1, 0.15) is 6.54 Å². The molecule has 0 radical (unpaired) electrons. The van der Waals surface area contributed by atoms with Crippen LogP contribution in [0.4, 0.5) is 11.6 Å². The molecule has 1 aliphatic rings. The molecule has 1 aromatic heterocycles. The van der Waals surface area contributed by atoms with Crippen molar-refractivity contribution >= 4 is 29.3 Å². The molecule has 7 nitrogen and oxygen atoms in total. The van der Waals surface area contributed by atoms with Crippen LogP contribution in [0.5, 0.6) is 0 Å². The molecule has 2 heterocycles. The number of morpholine rings is 1. The van der Waals surface area contributed by atoms with Gasteiger partial charge in [0.25, 0.3) is 5.56 Å². The van der Waals surface area contributed by atoms with Crippen molar-refractivity contribution in [3.63, 3.8) is 0 Å². The quantitative estimate of drug-likeness (QED) is 0.763. The molecule has 1 fully saturated rings. The zero-order chi connectivity index (χ0) is 19.2. The highest BCUT2D eigenvalue weighted by Gasteiger charge is 2.20. The van der Waals surface area contributed by atoms with Crippen molar-refractivity contribution in [2.24, 2.45) is 0 Å². The van der Waals surface area contributed by atoms with Crippen molar-refractivity contribution in [2.45, 2.75) is 24.8 Å². The number of benzene rings is 1. The average molecular weight is 388 g/mol. The summed E-state index contributed by atoms with van der Waals surface area (Å²) >= 11 is 1.61. The normalized spacial score (nSPS) is 14.2. The lowest BCUT2D eigenvalue weighted by molar-refractivity contribution is -0.116. The van der Waals surface area contributed by atoms with E-state index >= 15 is 0 Å². The van der Waals surface area contributed by atoms with Gasteiger partial charge in [0.05, 0.1) is 13.2 Å².